The van der Waals surface area contributed by atoms with Crippen LogP contribution in [0.2, 0.25) is 5.02 Å². The largest absolute Gasteiger partial charge is 0.503 e. The molecule has 2 aromatic carbocycles. The number of fused-ring (bicyclic) bond motifs is 1. The monoisotopic (exact) mass is 565 g/mol. The van der Waals surface area contributed by atoms with Crippen molar-refractivity contribution in [3.8, 4) is 0 Å². The predicted molar refractivity (Wildman–Crippen MR) is 146 cm³/mol. The zero-order valence-electron chi connectivity index (χ0n) is 18.8. The number of benzene rings is 2. The minimum atomic E-state index is -0.859. The van der Waals surface area contributed by atoms with Crippen LogP contribution in [0.4, 0.5) is 5.13 Å². The molecule has 1 amide bonds. The highest BCUT2D eigenvalue weighted by Gasteiger charge is 2.47. The summed E-state index contributed by atoms with van der Waals surface area (Å²) in [4.78, 5) is 29.0. The molecule has 0 spiro atoms. The number of furan rings is 1. The normalized spacial score (nSPS) is 15.8. The number of halogens is 1. The maximum atomic E-state index is 13.6. The molecule has 1 aliphatic rings. The molecule has 1 N–H and O–H groups in total. The molecule has 0 fully saturated rings. The minimum absolute atomic E-state index is 0.0483. The number of ketones is 1. The summed E-state index contributed by atoms with van der Waals surface area (Å²) in [5.74, 6) is -1.26. The van der Waals surface area contributed by atoms with Crippen molar-refractivity contribution in [3.63, 3.8) is 0 Å². The van der Waals surface area contributed by atoms with E-state index in [1.54, 1.807) is 12.1 Å². The van der Waals surface area contributed by atoms with E-state index in [1.807, 2.05) is 60.0 Å². The van der Waals surface area contributed by atoms with Crippen LogP contribution in [0, 0.1) is 0 Å². The molecule has 4 heterocycles. The lowest BCUT2D eigenvalue weighted by Gasteiger charge is -2.22. The molecule has 0 radical (unpaired) electrons. The molecule has 7 nitrogen and oxygen atoms in total. The number of aromatic nitrogens is 2. The summed E-state index contributed by atoms with van der Waals surface area (Å²) in [5.41, 5.74) is 1.45. The fourth-order valence-electron chi connectivity index (χ4n) is 4.09. The number of aliphatic hydroxyl groups is 1. The average Bonchev–Trinajstić information content (AvgIpc) is 3.70. The number of hydrogen-bond donors (Lipinski definition) is 1. The number of aliphatic hydroxyl groups excluding tert-OH is 1. The highest BCUT2D eigenvalue weighted by atomic mass is 35.5. The molecule has 0 saturated heterocycles. The number of anilines is 1. The third kappa shape index (κ3) is 4.36. The number of carbonyl (C=O) groups is 2. The maximum Gasteiger partial charge on any atom is 0.296 e. The van der Waals surface area contributed by atoms with Gasteiger partial charge in [-0.25, -0.2) is 0 Å². The van der Waals surface area contributed by atoms with Gasteiger partial charge in [0.05, 0.1) is 5.57 Å². The van der Waals surface area contributed by atoms with Crippen LogP contribution >= 0.6 is 46.0 Å². The second-order valence-corrected chi connectivity index (χ2v) is 11.6. The van der Waals surface area contributed by atoms with Gasteiger partial charge in [-0.1, -0.05) is 77.2 Å². The second kappa shape index (κ2) is 9.79. The molecule has 0 saturated carbocycles. The van der Waals surface area contributed by atoms with Gasteiger partial charge >= 0.3 is 0 Å². The molecule has 0 bridgehead atoms. The number of thioether (sulfide) groups is 1. The molecule has 11 heteroatoms. The zero-order valence-corrected chi connectivity index (χ0v) is 22.0. The fourth-order valence-corrected chi connectivity index (χ4v) is 7.07. The Morgan fingerprint density at radius 1 is 1.11 bits per heavy atom. The Labute approximate surface area is 228 Å². The van der Waals surface area contributed by atoms with E-state index in [0.29, 0.717) is 25.6 Å². The molecular formula is C26H16ClN3O4S3. The van der Waals surface area contributed by atoms with Crippen LogP contribution in [0.1, 0.15) is 27.0 Å². The molecule has 1 atom stereocenters. The molecule has 0 aliphatic carbocycles. The first-order chi connectivity index (χ1) is 18.0. The molecule has 1 aliphatic heterocycles. The van der Waals surface area contributed by atoms with Gasteiger partial charge in [0.2, 0.25) is 10.9 Å². The Bertz CT molecular complexity index is 1640. The molecule has 37 heavy (non-hydrogen) atoms. The van der Waals surface area contributed by atoms with Gasteiger partial charge in [0, 0.05) is 21.0 Å². The smallest absolute Gasteiger partial charge is 0.296 e. The van der Waals surface area contributed by atoms with E-state index in [2.05, 4.69) is 10.2 Å². The maximum absolute atomic E-state index is 13.6. The molecular weight excluding hydrogens is 550 g/mol. The van der Waals surface area contributed by atoms with Crippen molar-refractivity contribution in [1.82, 2.24) is 10.2 Å². The fraction of sp³-hybridized carbons (Fsp3) is 0.0769. The lowest BCUT2D eigenvalue weighted by atomic mass is 10.0. The van der Waals surface area contributed by atoms with Crippen LogP contribution in [-0.4, -0.2) is 27.0 Å². The summed E-state index contributed by atoms with van der Waals surface area (Å²) < 4.78 is 6.39. The van der Waals surface area contributed by atoms with Gasteiger partial charge in [-0.2, -0.15) is 0 Å². The van der Waals surface area contributed by atoms with Crippen molar-refractivity contribution in [2.75, 3.05) is 4.90 Å². The third-order valence-corrected chi connectivity index (χ3v) is 9.22. The molecule has 1 unspecified atom stereocenters. The van der Waals surface area contributed by atoms with E-state index in [4.69, 9.17) is 16.0 Å². The van der Waals surface area contributed by atoms with Gasteiger partial charge in [-0.3, -0.25) is 14.5 Å². The third-order valence-electron chi connectivity index (χ3n) is 5.83. The van der Waals surface area contributed by atoms with Crippen molar-refractivity contribution < 1.29 is 19.1 Å². The number of hydrogen-bond acceptors (Lipinski definition) is 9. The first kappa shape index (κ1) is 23.9. The first-order valence-electron chi connectivity index (χ1n) is 11.0. The highest BCUT2D eigenvalue weighted by Crippen LogP contribution is 2.45. The topological polar surface area (TPSA) is 96.5 Å². The van der Waals surface area contributed by atoms with Crippen molar-refractivity contribution >= 4 is 73.8 Å². The van der Waals surface area contributed by atoms with Gasteiger partial charge in [-0.15, -0.1) is 21.5 Å². The summed E-state index contributed by atoms with van der Waals surface area (Å²) in [6.07, 6.45) is 0. The van der Waals surface area contributed by atoms with Gasteiger partial charge in [0.25, 0.3) is 5.91 Å². The number of Topliss-reactive ketones (excluding diaryl/α,β-unsaturated/α-hetero) is 1. The van der Waals surface area contributed by atoms with Crippen LogP contribution < -0.4 is 4.90 Å². The zero-order chi connectivity index (χ0) is 25.5. The lowest BCUT2D eigenvalue weighted by molar-refractivity contribution is -0.117. The Morgan fingerprint density at radius 2 is 1.92 bits per heavy atom. The van der Waals surface area contributed by atoms with Crippen LogP contribution in [0.3, 0.4) is 0 Å². The van der Waals surface area contributed by atoms with Crippen molar-refractivity contribution in [2.24, 2.45) is 0 Å². The van der Waals surface area contributed by atoms with E-state index in [1.165, 1.54) is 39.3 Å². The Hall–Kier alpha value is -3.44. The number of carbonyl (C=O) groups excluding carboxylic acids is 2. The van der Waals surface area contributed by atoms with Crippen LogP contribution in [-0.2, 0) is 10.5 Å². The number of para-hydroxylation sites is 1. The number of nitrogens with zero attached hydrogens (tertiary/aromatic N) is 3. The van der Waals surface area contributed by atoms with Crippen molar-refractivity contribution in [3.05, 3.63) is 105 Å². The quantitative estimate of drug-likeness (QED) is 0.128. The standard InChI is InChI=1S/C26H16ClN3O4S3/c27-16-8-3-1-7-15(16)13-36-26-29-28-25(37-26)30-21(19-10-5-11-35-19)20(23(32)24(30)33)22(31)18-12-14-6-2-4-9-17(14)34-18/h1-12,21,32H,13H2. The number of thiophene rings is 1. The van der Waals surface area contributed by atoms with Crippen molar-refractivity contribution in [1.29, 1.82) is 0 Å². The molecule has 184 valence electrons. The van der Waals surface area contributed by atoms with E-state index in [0.717, 1.165) is 10.9 Å². The summed E-state index contributed by atoms with van der Waals surface area (Å²) in [6, 6.07) is 19.2. The van der Waals surface area contributed by atoms with Crippen LogP contribution in [0.25, 0.3) is 11.0 Å². The van der Waals surface area contributed by atoms with Crippen LogP contribution in [0.15, 0.2) is 92.2 Å². The SMILES string of the molecule is O=C(C1=C(O)C(=O)N(c2nnc(SCc3ccccc3Cl)s2)C1c1cccs1)c1cc2ccccc2o1. The van der Waals surface area contributed by atoms with Crippen molar-refractivity contribution in [2.45, 2.75) is 16.1 Å². The number of amides is 1. The van der Waals surface area contributed by atoms with E-state index < -0.39 is 23.5 Å². The van der Waals surface area contributed by atoms with Crippen LogP contribution in [0.5, 0.6) is 0 Å². The average molecular weight is 566 g/mol. The molecule has 5 aromatic rings. The first-order valence-corrected chi connectivity index (χ1v) is 14.1. The minimum Gasteiger partial charge on any atom is -0.503 e. The van der Waals surface area contributed by atoms with Gasteiger partial charge in [-0.05, 0) is 35.2 Å². The van der Waals surface area contributed by atoms with Gasteiger partial charge in [0.1, 0.15) is 11.6 Å². The van der Waals surface area contributed by atoms with E-state index >= 15 is 0 Å². The Morgan fingerprint density at radius 3 is 2.70 bits per heavy atom. The highest BCUT2D eigenvalue weighted by molar-refractivity contribution is 8.00. The van der Waals surface area contributed by atoms with E-state index in [-0.39, 0.29) is 16.5 Å². The second-order valence-electron chi connectivity index (χ2n) is 8.06. The Kier molecular flexibility index (Phi) is 6.33. The number of rotatable bonds is 7. The summed E-state index contributed by atoms with van der Waals surface area (Å²) in [7, 11) is 0. The summed E-state index contributed by atoms with van der Waals surface area (Å²) >= 11 is 10.3. The predicted octanol–water partition coefficient (Wildman–Crippen LogP) is 7.07. The Balaban J connectivity index is 1.33. The summed E-state index contributed by atoms with van der Waals surface area (Å²) in [5, 5.41) is 22.9. The lowest BCUT2D eigenvalue weighted by Crippen LogP contribution is -2.30. The molecule has 6 rings (SSSR count). The summed E-state index contributed by atoms with van der Waals surface area (Å²) in [6.45, 7) is 0. The van der Waals surface area contributed by atoms with E-state index in [9.17, 15) is 14.7 Å². The van der Waals surface area contributed by atoms with Gasteiger partial charge in [0.15, 0.2) is 15.9 Å². The molecule has 3 aromatic heterocycles. The van der Waals surface area contributed by atoms with Gasteiger partial charge < -0.3 is 9.52 Å².